The molecule has 2 N–H and O–H groups in total. The maximum absolute atomic E-state index is 12.1. The topological polar surface area (TPSA) is 77.8 Å². The van der Waals surface area contributed by atoms with Crippen molar-refractivity contribution in [3.63, 3.8) is 0 Å². The number of hydrogen-bond acceptors (Lipinski definition) is 4. The van der Waals surface area contributed by atoms with Gasteiger partial charge in [-0.25, -0.2) is 4.98 Å². The molecule has 118 valence electrons. The van der Waals surface area contributed by atoms with Crippen LogP contribution in [0.3, 0.4) is 0 Å². The molecule has 0 spiro atoms. The molecule has 0 unspecified atom stereocenters. The second-order valence-corrected chi connectivity index (χ2v) is 5.21. The van der Waals surface area contributed by atoms with E-state index in [0.717, 1.165) is 18.7 Å². The Kier molecular flexibility index (Phi) is 6.13. The Morgan fingerprint density at radius 2 is 2.09 bits per heavy atom. The smallest absolute Gasteiger partial charge is 0.274 e. The van der Waals surface area contributed by atoms with E-state index in [1.165, 1.54) is 12.8 Å². The average Bonchev–Trinajstić information content (AvgIpc) is 2.59. The van der Waals surface area contributed by atoms with Gasteiger partial charge in [0.05, 0.1) is 23.5 Å². The van der Waals surface area contributed by atoms with Crippen LogP contribution in [0.5, 0.6) is 0 Å². The fourth-order valence-corrected chi connectivity index (χ4v) is 2.10. The van der Waals surface area contributed by atoms with Gasteiger partial charge in [0.2, 0.25) is 0 Å². The average molecular weight is 308 g/mol. The third-order valence-corrected chi connectivity index (χ3v) is 3.36. The SMILES string of the molecule is CCCCCNc1ccc(C(=O)Nc2cccc(C#N)c2)nc1. The van der Waals surface area contributed by atoms with Gasteiger partial charge in [-0.15, -0.1) is 0 Å². The number of nitrogens with one attached hydrogen (secondary N) is 2. The van der Waals surface area contributed by atoms with Crippen LogP contribution in [0.4, 0.5) is 11.4 Å². The molecule has 2 rings (SSSR count). The first-order chi connectivity index (χ1) is 11.2. The zero-order valence-electron chi connectivity index (χ0n) is 13.2. The maximum Gasteiger partial charge on any atom is 0.274 e. The minimum Gasteiger partial charge on any atom is -0.384 e. The number of amides is 1. The van der Waals surface area contributed by atoms with Crippen molar-refractivity contribution in [2.75, 3.05) is 17.2 Å². The van der Waals surface area contributed by atoms with Crippen molar-refractivity contribution in [2.45, 2.75) is 26.2 Å². The molecule has 1 aromatic heterocycles. The number of pyridine rings is 1. The lowest BCUT2D eigenvalue weighted by Crippen LogP contribution is -2.14. The third kappa shape index (κ3) is 5.11. The summed E-state index contributed by atoms with van der Waals surface area (Å²) in [5.41, 5.74) is 2.33. The molecule has 0 saturated carbocycles. The molecule has 23 heavy (non-hydrogen) atoms. The Labute approximate surface area is 136 Å². The molecule has 5 nitrogen and oxygen atoms in total. The molecule has 1 heterocycles. The van der Waals surface area contributed by atoms with E-state index in [-0.39, 0.29) is 5.91 Å². The summed E-state index contributed by atoms with van der Waals surface area (Å²) in [6, 6.07) is 12.4. The molecule has 0 radical (unpaired) electrons. The Bertz CT molecular complexity index is 689. The van der Waals surface area contributed by atoms with Crippen LogP contribution in [-0.4, -0.2) is 17.4 Å². The van der Waals surface area contributed by atoms with Crippen molar-refractivity contribution < 1.29 is 4.79 Å². The first-order valence-corrected chi connectivity index (χ1v) is 7.74. The molecule has 1 aromatic carbocycles. The monoisotopic (exact) mass is 308 g/mol. The fourth-order valence-electron chi connectivity index (χ4n) is 2.10. The minimum absolute atomic E-state index is 0.294. The molecular formula is C18H20N4O. The molecule has 0 atom stereocenters. The summed E-state index contributed by atoms with van der Waals surface area (Å²) in [5.74, 6) is -0.294. The summed E-state index contributed by atoms with van der Waals surface area (Å²) in [6.45, 7) is 3.07. The predicted molar refractivity (Wildman–Crippen MR) is 91.4 cm³/mol. The summed E-state index contributed by atoms with van der Waals surface area (Å²) < 4.78 is 0. The molecule has 5 heteroatoms. The largest absolute Gasteiger partial charge is 0.384 e. The summed E-state index contributed by atoms with van der Waals surface area (Å²) >= 11 is 0. The normalized spacial score (nSPS) is 9.91. The fraction of sp³-hybridized carbons (Fsp3) is 0.278. The number of nitriles is 1. The maximum atomic E-state index is 12.1. The van der Waals surface area contributed by atoms with E-state index in [4.69, 9.17) is 5.26 Å². The number of hydrogen-bond donors (Lipinski definition) is 2. The highest BCUT2D eigenvalue weighted by atomic mass is 16.1. The highest BCUT2D eigenvalue weighted by Crippen LogP contribution is 2.12. The number of nitrogens with zero attached hydrogens (tertiary/aromatic N) is 2. The molecule has 0 saturated heterocycles. The summed E-state index contributed by atoms with van der Waals surface area (Å²) in [5, 5.41) is 14.9. The lowest BCUT2D eigenvalue weighted by Gasteiger charge is -2.07. The van der Waals surface area contributed by atoms with Gasteiger partial charge >= 0.3 is 0 Å². The Morgan fingerprint density at radius 1 is 1.22 bits per heavy atom. The van der Waals surface area contributed by atoms with Crippen LogP contribution < -0.4 is 10.6 Å². The molecule has 0 bridgehead atoms. The standard InChI is InChI=1S/C18H20N4O/c1-2-3-4-10-20-16-8-9-17(21-13-16)18(23)22-15-7-5-6-14(11-15)12-19/h5-9,11,13,20H,2-4,10H2,1H3,(H,22,23). The highest BCUT2D eigenvalue weighted by Gasteiger charge is 2.08. The van der Waals surface area contributed by atoms with Crippen molar-refractivity contribution in [2.24, 2.45) is 0 Å². The van der Waals surface area contributed by atoms with Gasteiger partial charge in [0.25, 0.3) is 5.91 Å². The number of anilines is 2. The zero-order valence-corrected chi connectivity index (χ0v) is 13.2. The first-order valence-electron chi connectivity index (χ1n) is 7.74. The van der Waals surface area contributed by atoms with E-state index in [0.29, 0.717) is 16.9 Å². The van der Waals surface area contributed by atoms with Crippen LogP contribution in [0.1, 0.15) is 42.2 Å². The number of benzene rings is 1. The number of aromatic nitrogens is 1. The van der Waals surface area contributed by atoms with Crippen LogP contribution in [0.15, 0.2) is 42.6 Å². The molecule has 0 aliphatic heterocycles. The summed E-state index contributed by atoms with van der Waals surface area (Å²) in [4.78, 5) is 16.3. The number of carbonyl (C=O) groups is 1. The third-order valence-electron chi connectivity index (χ3n) is 3.36. The van der Waals surface area contributed by atoms with Crippen LogP contribution >= 0.6 is 0 Å². The molecular weight excluding hydrogens is 288 g/mol. The van der Waals surface area contributed by atoms with E-state index in [1.807, 2.05) is 12.1 Å². The van der Waals surface area contributed by atoms with Gasteiger partial charge in [0.15, 0.2) is 0 Å². The molecule has 0 aliphatic rings. The van der Waals surface area contributed by atoms with Crippen molar-refractivity contribution >= 4 is 17.3 Å². The van der Waals surface area contributed by atoms with Crippen LogP contribution in [-0.2, 0) is 0 Å². The van der Waals surface area contributed by atoms with Gasteiger partial charge in [0, 0.05) is 12.2 Å². The lowest BCUT2D eigenvalue weighted by molar-refractivity contribution is 0.102. The van der Waals surface area contributed by atoms with Gasteiger partial charge in [-0.1, -0.05) is 25.8 Å². The van der Waals surface area contributed by atoms with E-state index in [2.05, 4.69) is 22.5 Å². The van der Waals surface area contributed by atoms with Crippen LogP contribution in [0.2, 0.25) is 0 Å². The second kappa shape index (κ2) is 8.54. The van der Waals surface area contributed by atoms with Gasteiger partial charge in [0.1, 0.15) is 5.69 Å². The van der Waals surface area contributed by atoms with E-state index in [1.54, 1.807) is 36.5 Å². The molecule has 1 amide bonds. The van der Waals surface area contributed by atoms with Crippen molar-refractivity contribution in [3.8, 4) is 6.07 Å². The van der Waals surface area contributed by atoms with Crippen LogP contribution in [0, 0.1) is 11.3 Å². The van der Waals surface area contributed by atoms with E-state index in [9.17, 15) is 4.79 Å². The first kappa shape index (κ1) is 16.5. The summed E-state index contributed by atoms with van der Waals surface area (Å²) in [6.07, 6.45) is 5.16. The zero-order chi connectivity index (χ0) is 16.5. The van der Waals surface area contributed by atoms with Gasteiger partial charge in [-0.3, -0.25) is 4.79 Å². The van der Waals surface area contributed by atoms with Crippen LogP contribution in [0.25, 0.3) is 0 Å². The summed E-state index contributed by atoms with van der Waals surface area (Å²) in [7, 11) is 0. The lowest BCUT2D eigenvalue weighted by atomic mass is 10.2. The Balaban J connectivity index is 1.93. The molecule has 0 aliphatic carbocycles. The van der Waals surface area contributed by atoms with Crippen molar-refractivity contribution in [1.82, 2.24) is 4.98 Å². The van der Waals surface area contributed by atoms with Crippen molar-refractivity contribution in [1.29, 1.82) is 5.26 Å². The Hall–Kier alpha value is -2.87. The van der Waals surface area contributed by atoms with E-state index >= 15 is 0 Å². The second-order valence-electron chi connectivity index (χ2n) is 5.21. The number of rotatable bonds is 7. The molecule has 2 aromatic rings. The Morgan fingerprint density at radius 3 is 2.78 bits per heavy atom. The molecule has 0 fully saturated rings. The quantitative estimate of drug-likeness (QED) is 0.762. The number of carbonyl (C=O) groups excluding carboxylic acids is 1. The van der Waals surface area contributed by atoms with Crippen molar-refractivity contribution in [3.05, 3.63) is 53.9 Å². The highest BCUT2D eigenvalue weighted by molar-refractivity contribution is 6.03. The van der Waals surface area contributed by atoms with Gasteiger partial charge in [-0.05, 0) is 36.8 Å². The van der Waals surface area contributed by atoms with Gasteiger partial charge < -0.3 is 10.6 Å². The minimum atomic E-state index is -0.294. The van der Waals surface area contributed by atoms with Gasteiger partial charge in [-0.2, -0.15) is 5.26 Å². The number of unbranched alkanes of at least 4 members (excludes halogenated alkanes) is 2. The van der Waals surface area contributed by atoms with E-state index < -0.39 is 0 Å². The predicted octanol–water partition coefficient (Wildman–Crippen LogP) is 3.81.